The lowest BCUT2D eigenvalue weighted by molar-refractivity contribution is 0.00414. The number of hydrogen-bond donors (Lipinski definition) is 3. The highest BCUT2D eigenvalue weighted by atomic mass is 16.6. The second-order valence-electron chi connectivity index (χ2n) is 12.4. The van der Waals surface area contributed by atoms with Gasteiger partial charge >= 0.3 is 0 Å². The van der Waals surface area contributed by atoms with Crippen molar-refractivity contribution >= 4 is 17.7 Å². The van der Waals surface area contributed by atoms with Gasteiger partial charge in [-0.15, -0.1) is 0 Å². The molecule has 1 rings (SSSR count). The first-order valence-electron chi connectivity index (χ1n) is 18.2. The van der Waals surface area contributed by atoms with Crippen LogP contribution in [0.15, 0.2) is 18.2 Å². The third kappa shape index (κ3) is 25.8. The molecule has 1 aromatic rings. The van der Waals surface area contributed by atoms with Crippen LogP contribution in [0.4, 0.5) is 0 Å². The van der Waals surface area contributed by atoms with Gasteiger partial charge in [-0.3, -0.25) is 14.4 Å². The van der Waals surface area contributed by atoms with Gasteiger partial charge in [0.05, 0.1) is 92.5 Å². The summed E-state index contributed by atoms with van der Waals surface area (Å²) in [6, 6.07) is 4.48. The van der Waals surface area contributed by atoms with Crippen LogP contribution in [0.3, 0.4) is 0 Å². The highest BCUT2D eigenvalue weighted by Crippen LogP contribution is 2.15. The zero-order valence-electron chi connectivity index (χ0n) is 31.7. The molecule has 0 unspecified atom stereocenters. The molecule has 0 aliphatic rings. The third-order valence-electron chi connectivity index (χ3n) is 7.54. The first kappa shape index (κ1) is 46.3. The second-order valence-corrected chi connectivity index (χ2v) is 12.4. The number of methoxy groups -OCH3 is 2. The maximum Gasteiger partial charge on any atom is 0.251 e. The van der Waals surface area contributed by atoms with Crippen molar-refractivity contribution in [2.24, 2.45) is 11.8 Å². The topological polar surface area (TPSA) is 161 Å². The van der Waals surface area contributed by atoms with Gasteiger partial charge in [-0.2, -0.15) is 0 Å². The van der Waals surface area contributed by atoms with Gasteiger partial charge in [0.1, 0.15) is 0 Å². The van der Waals surface area contributed by atoms with E-state index in [1.807, 2.05) is 0 Å². The number of carbonyl (C=O) groups excluding carboxylic acids is 3. The van der Waals surface area contributed by atoms with Crippen molar-refractivity contribution in [1.82, 2.24) is 16.0 Å². The quantitative estimate of drug-likeness (QED) is 0.0896. The van der Waals surface area contributed by atoms with Crippen LogP contribution in [-0.2, 0) is 37.9 Å². The molecule has 0 heterocycles. The Morgan fingerprint density at radius 2 is 0.804 bits per heavy atom. The van der Waals surface area contributed by atoms with Crippen molar-refractivity contribution in [2.75, 3.05) is 126 Å². The van der Waals surface area contributed by atoms with Gasteiger partial charge in [0.2, 0.25) is 0 Å². The van der Waals surface area contributed by atoms with E-state index in [0.717, 1.165) is 19.3 Å². The van der Waals surface area contributed by atoms with Crippen molar-refractivity contribution in [1.29, 1.82) is 0 Å². The Bertz CT molecular complexity index is 987. The fourth-order valence-corrected chi connectivity index (χ4v) is 4.62. The molecule has 0 spiro atoms. The molecule has 0 aliphatic heterocycles. The zero-order chi connectivity index (χ0) is 37.4. The van der Waals surface area contributed by atoms with Crippen molar-refractivity contribution in [3.63, 3.8) is 0 Å². The largest absolute Gasteiger partial charge is 0.382 e. The maximum absolute atomic E-state index is 13.2. The van der Waals surface area contributed by atoms with Crippen LogP contribution in [0.5, 0.6) is 0 Å². The lowest BCUT2D eigenvalue weighted by atomic mass is 9.97. The molecule has 0 saturated heterocycles. The van der Waals surface area contributed by atoms with Crippen LogP contribution in [0, 0.1) is 11.8 Å². The molecule has 0 aliphatic carbocycles. The van der Waals surface area contributed by atoms with E-state index in [-0.39, 0.29) is 48.9 Å². The molecule has 3 amide bonds. The number of hydrogen-bond acceptors (Lipinski definition) is 11. The minimum Gasteiger partial charge on any atom is -0.382 e. The number of rotatable bonds is 34. The lowest BCUT2D eigenvalue weighted by Gasteiger charge is -2.14. The Hall–Kier alpha value is -2.69. The van der Waals surface area contributed by atoms with Crippen LogP contribution in [0.1, 0.15) is 77.5 Å². The predicted molar refractivity (Wildman–Crippen MR) is 195 cm³/mol. The van der Waals surface area contributed by atoms with Gasteiger partial charge in [0.25, 0.3) is 17.7 Å². The molecule has 0 saturated carbocycles. The molecule has 1 atom stereocenters. The second kappa shape index (κ2) is 32.0. The summed E-state index contributed by atoms with van der Waals surface area (Å²) in [5, 5.41) is 8.55. The monoisotopic (exact) mass is 727 g/mol. The maximum atomic E-state index is 13.2. The summed E-state index contributed by atoms with van der Waals surface area (Å²) in [6.07, 6.45) is 4.30. The number of nitrogens with one attached hydrogen (secondary N) is 3. The summed E-state index contributed by atoms with van der Waals surface area (Å²) in [4.78, 5) is 39.3. The SMILES string of the molecule is COCCOCCOCCOCCNC(=O)c1cc(C(=O)NCCOCCOCCOCCOC)cc(C(=O)NCC[C@H](C)CCCC(C)C)c1. The van der Waals surface area contributed by atoms with E-state index in [1.54, 1.807) is 14.2 Å². The molecule has 0 radical (unpaired) electrons. The zero-order valence-corrected chi connectivity index (χ0v) is 31.7. The predicted octanol–water partition coefficient (Wildman–Crippen LogP) is 3.12. The molecule has 294 valence electrons. The van der Waals surface area contributed by atoms with Crippen molar-refractivity contribution in [2.45, 2.75) is 46.5 Å². The summed E-state index contributed by atoms with van der Waals surface area (Å²) < 4.78 is 42.5. The van der Waals surface area contributed by atoms with Crippen molar-refractivity contribution in [3.8, 4) is 0 Å². The number of ether oxygens (including phenoxy) is 8. The number of carbonyl (C=O) groups is 3. The van der Waals surface area contributed by atoms with Crippen LogP contribution in [0.2, 0.25) is 0 Å². The Balaban J connectivity index is 2.60. The normalized spacial score (nSPS) is 11.9. The van der Waals surface area contributed by atoms with Gasteiger partial charge in [-0.25, -0.2) is 0 Å². The molecule has 0 fully saturated rings. The van der Waals surface area contributed by atoms with E-state index < -0.39 is 11.8 Å². The first-order chi connectivity index (χ1) is 24.8. The fourth-order valence-electron chi connectivity index (χ4n) is 4.62. The van der Waals surface area contributed by atoms with E-state index in [4.69, 9.17) is 37.9 Å². The van der Waals surface area contributed by atoms with Crippen LogP contribution >= 0.6 is 0 Å². The fraction of sp³-hybridized carbons (Fsp3) is 0.757. The van der Waals surface area contributed by atoms with E-state index in [0.29, 0.717) is 97.7 Å². The molecule has 0 aromatic heterocycles. The van der Waals surface area contributed by atoms with Gasteiger partial charge in [-0.05, 0) is 36.5 Å². The van der Waals surface area contributed by atoms with E-state index in [2.05, 4.69) is 36.7 Å². The standard InChI is InChI=1S/C37H65N3O11/c1-30(2)7-6-8-31(3)9-10-38-35(41)32-27-33(36(42)39-11-13-46-19-21-50-25-23-48-17-15-44-4)29-34(28-32)37(43)40-12-14-47-20-22-51-26-24-49-18-16-45-5/h27-31H,6-26H2,1-5H3,(H,38,41)(H,39,42)(H,40,43)/t31-/m1/s1. The van der Waals surface area contributed by atoms with Crippen LogP contribution in [-0.4, -0.2) is 144 Å². The summed E-state index contributed by atoms with van der Waals surface area (Å²) in [5.74, 6) is -0.0222. The summed E-state index contributed by atoms with van der Waals surface area (Å²) >= 11 is 0. The molecular weight excluding hydrogens is 662 g/mol. The molecule has 51 heavy (non-hydrogen) atoms. The third-order valence-corrected chi connectivity index (χ3v) is 7.54. The molecule has 3 N–H and O–H groups in total. The molecule has 14 heteroatoms. The van der Waals surface area contributed by atoms with Gasteiger partial charge < -0.3 is 53.8 Å². The van der Waals surface area contributed by atoms with Crippen LogP contribution < -0.4 is 16.0 Å². The van der Waals surface area contributed by atoms with E-state index >= 15 is 0 Å². The Morgan fingerprint density at radius 1 is 0.471 bits per heavy atom. The Morgan fingerprint density at radius 3 is 1.16 bits per heavy atom. The van der Waals surface area contributed by atoms with Crippen molar-refractivity contribution < 1.29 is 52.3 Å². The van der Waals surface area contributed by atoms with Gasteiger partial charge in [0.15, 0.2) is 0 Å². The van der Waals surface area contributed by atoms with Gasteiger partial charge in [-0.1, -0.05) is 40.0 Å². The summed E-state index contributed by atoms with van der Waals surface area (Å²) in [6.45, 7) is 13.7. The van der Waals surface area contributed by atoms with Crippen LogP contribution in [0.25, 0.3) is 0 Å². The molecule has 1 aromatic carbocycles. The van der Waals surface area contributed by atoms with E-state index in [1.165, 1.54) is 24.6 Å². The van der Waals surface area contributed by atoms with E-state index in [9.17, 15) is 14.4 Å². The highest BCUT2D eigenvalue weighted by Gasteiger charge is 2.17. The average molecular weight is 728 g/mol. The number of benzene rings is 1. The minimum atomic E-state index is -0.419. The Kier molecular flexibility index (Phi) is 29.1. The number of amides is 3. The minimum absolute atomic E-state index is 0.200. The first-order valence-corrected chi connectivity index (χ1v) is 18.2. The summed E-state index contributed by atoms with van der Waals surface area (Å²) in [5.41, 5.74) is 0.636. The Labute approximate surface area is 305 Å². The van der Waals surface area contributed by atoms with Crippen molar-refractivity contribution in [3.05, 3.63) is 34.9 Å². The molecule has 0 bridgehead atoms. The molecule has 14 nitrogen and oxygen atoms in total. The highest BCUT2D eigenvalue weighted by molar-refractivity contribution is 6.04. The smallest absolute Gasteiger partial charge is 0.251 e. The summed E-state index contributed by atoms with van der Waals surface area (Å²) in [7, 11) is 3.24. The van der Waals surface area contributed by atoms with Gasteiger partial charge in [0, 0.05) is 50.5 Å². The molecular formula is C37H65N3O11. The lowest BCUT2D eigenvalue weighted by Crippen LogP contribution is -2.31. The average Bonchev–Trinajstić information content (AvgIpc) is 3.11.